The molecule has 0 unspecified atom stereocenters. The number of anilines is 1. The summed E-state index contributed by atoms with van der Waals surface area (Å²) in [5.74, 6) is 0.484. The molecule has 0 saturated heterocycles. The van der Waals surface area contributed by atoms with Gasteiger partial charge in [0.2, 0.25) is 0 Å². The molecule has 2 aromatic carbocycles. The van der Waals surface area contributed by atoms with Gasteiger partial charge in [0.25, 0.3) is 0 Å². The monoisotopic (exact) mass is 344 g/mol. The van der Waals surface area contributed by atoms with Crippen LogP contribution in [0.1, 0.15) is 0 Å². The van der Waals surface area contributed by atoms with Crippen LogP contribution in [0.25, 0.3) is 22.0 Å². The molecule has 0 saturated carbocycles. The minimum Gasteiger partial charge on any atom is -0.383 e. The van der Waals surface area contributed by atoms with Crippen molar-refractivity contribution in [3.63, 3.8) is 0 Å². The number of methoxy groups -OCH3 is 1. The Morgan fingerprint density at radius 3 is 2.88 bits per heavy atom. The van der Waals surface area contributed by atoms with Gasteiger partial charge in [0.15, 0.2) is 5.82 Å². The van der Waals surface area contributed by atoms with Crippen LogP contribution in [-0.4, -0.2) is 36.5 Å². The molecule has 3 N–H and O–H groups in total. The van der Waals surface area contributed by atoms with E-state index in [-0.39, 0.29) is 6.03 Å². The van der Waals surface area contributed by atoms with Crippen LogP contribution in [0.4, 0.5) is 10.6 Å². The fourth-order valence-electron chi connectivity index (χ4n) is 2.38. The summed E-state index contributed by atoms with van der Waals surface area (Å²) < 4.78 is 4.89. The number of hydrogen-bond acceptors (Lipinski definition) is 3. The van der Waals surface area contributed by atoms with Gasteiger partial charge in [0, 0.05) is 24.1 Å². The Morgan fingerprint density at radius 1 is 1.25 bits per heavy atom. The summed E-state index contributed by atoms with van der Waals surface area (Å²) in [6.07, 6.45) is 0. The number of benzene rings is 2. The van der Waals surface area contributed by atoms with Gasteiger partial charge >= 0.3 is 6.03 Å². The van der Waals surface area contributed by atoms with Gasteiger partial charge in [-0.2, -0.15) is 5.10 Å². The molecule has 2 amide bonds. The van der Waals surface area contributed by atoms with E-state index in [0.29, 0.717) is 24.0 Å². The number of fused-ring (bicyclic) bond motifs is 1. The van der Waals surface area contributed by atoms with Gasteiger partial charge in [-0.1, -0.05) is 29.8 Å². The minimum absolute atomic E-state index is 0.320. The molecule has 1 heterocycles. The Labute approximate surface area is 144 Å². The molecule has 0 aliphatic carbocycles. The van der Waals surface area contributed by atoms with E-state index < -0.39 is 0 Å². The summed E-state index contributed by atoms with van der Waals surface area (Å²) in [6.45, 7) is 0.890. The number of urea groups is 1. The molecule has 0 radical (unpaired) electrons. The Bertz CT molecular complexity index is 863. The summed E-state index contributed by atoms with van der Waals surface area (Å²) in [5, 5.41) is 14.0. The first-order chi connectivity index (χ1) is 11.7. The molecule has 6 nitrogen and oxygen atoms in total. The molecular weight excluding hydrogens is 328 g/mol. The maximum atomic E-state index is 11.8. The van der Waals surface area contributed by atoms with Gasteiger partial charge in [-0.15, -0.1) is 0 Å². The van der Waals surface area contributed by atoms with E-state index in [9.17, 15) is 4.79 Å². The van der Waals surface area contributed by atoms with Crippen molar-refractivity contribution in [3.8, 4) is 11.1 Å². The lowest BCUT2D eigenvalue weighted by Crippen LogP contribution is -2.31. The van der Waals surface area contributed by atoms with Crippen LogP contribution in [0, 0.1) is 0 Å². The Morgan fingerprint density at radius 2 is 2.08 bits per heavy atom. The summed E-state index contributed by atoms with van der Waals surface area (Å²) in [4.78, 5) is 11.8. The highest BCUT2D eigenvalue weighted by Gasteiger charge is 2.10. The summed E-state index contributed by atoms with van der Waals surface area (Å²) in [5.41, 5.74) is 2.87. The lowest BCUT2D eigenvalue weighted by molar-refractivity contribution is 0.198. The lowest BCUT2D eigenvalue weighted by atomic mass is 10.0. The van der Waals surface area contributed by atoms with Crippen molar-refractivity contribution < 1.29 is 9.53 Å². The van der Waals surface area contributed by atoms with Crippen LogP contribution < -0.4 is 10.6 Å². The Balaban J connectivity index is 1.80. The van der Waals surface area contributed by atoms with Gasteiger partial charge in [0.1, 0.15) is 0 Å². The minimum atomic E-state index is -0.320. The van der Waals surface area contributed by atoms with Gasteiger partial charge < -0.3 is 10.1 Å². The number of hydrogen-bond donors (Lipinski definition) is 3. The third-order valence-electron chi connectivity index (χ3n) is 3.54. The Hall–Kier alpha value is -2.57. The van der Waals surface area contributed by atoms with Crippen molar-refractivity contribution in [1.82, 2.24) is 15.5 Å². The van der Waals surface area contributed by atoms with Crippen molar-refractivity contribution in [2.45, 2.75) is 0 Å². The standard InChI is InChI=1S/C17H17ClN4O2/c1-24-8-7-19-17(23)20-16-14-6-5-12(10-15(14)21-22-16)11-3-2-4-13(18)9-11/h2-6,9-10H,7-8H2,1H3,(H3,19,20,21,22,23). The van der Waals surface area contributed by atoms with Crippen molar-refractivity contribution in [3.05, 3.63) is 47.5 Å². The maximum Gasteiger partial charge on any atom is 0.320 e. The second-order valence-electron chi connectivity index (χ2n) is 5.22. The van der Waals surface area contributed by atoms with Crippen molar-refractivity contribution in [2.24, 2.45) is 0 Å². The number of aromatic amines is 1. The number of ether oxygens (including phenoxy) is 1. The van der Waals surface area contributed by atoms with Crippen LogP contribution >= 0.6 is 11.6 Å². The van der Waals surface area contributed by atoms with Crippen molar-refractivity contribution >= 4 is 34.4 Å². The number of aromatic nitrogens is 2. The number of carbonyl (C=O) groups excluding carboxylic acids is 1. The van der Waals surface area contributed by atoms with E-state index in [4.69, 9.17) is 16.3 Å². The molecule has 0 aliphatic heterocycles. The second-order valence-corrected chi connectivity index (χ2v) is 5.65. The average molecular weight is 345 g/mol. The van der Waals surface area contributed by atoms with E-state index in [0.717, 1.165) is 22.0 Å². The second kappa shape index (κ2) is 7.33. The largest absolute Gasteiger partial charge is 0.383 e. The van der Waals surface area contributed by atoms with E-state index in [2.05, 4.69) is 20.8 Å². The number of amides is 2. The first kappa shape index (κ1) is 16.3. The van der Waals surface area contributed by atoms with Gasteiger partial charge in [0.05, 0.1) is 12.1 Å². The van der Waals surface area contributed by atoms with Crippen LogP contribution in [0.15, 0.2) is 42.5 Å². The highest BCUT2D eigenvalue weighted by atomic mass is 35.5. The van der Waals surface area contributed by atoms with E-state index in [1.165, 1.54) is 0 Å². The maximum absolute atomic E-state index is 11.8. The van der Waals surface area contributed by atoms with E-state index in [1.807, 2.05) is 42.5 Å². The van der Waals surface area contributed by atoms with Crippen molar-refractivity contribution in [2.75, 3.05) is 25.6 Å². The topological polar surface area (TPSA) is 79.0 Å². The zero-order chi connectivity index (χ0) is 16.9. The van der Waals surface area contributed by atoms with Gasteiger partial charge in [-0.05, 0) is 35.4 Å². The molecule has 0 bridgehead atoms. The summed E-state index contributed by atoms with van der Waals surface area (Å²) in [6, 6.07) is 13.2. The number of halogens is 1. The fourth-order valence-corrected chi connectivity index (χ4v) is 2.57. The molecule has 0 fully saturated rings. The zero-order valence-electron chi connectivity index (χ0n) is 13.1. The number of nitrogens with one attached hydrogen (secondary N) is 3. The fraction of sp³-hybridized carbons (Fsp3) is 0.176. The van der Waals surface area contributed by atoms with Crippen LogP contribution in [-0.2, 0) is 4.74 Å². The molecule has 24 heavy (non-hydrogen) atoms. The molecule has 124 valence electrons. The molecule has 0 atom stereocenters. The average Bonchev–Trinajstić information content (AvgIpc) is 2.97. The highest BCUT2D eigenvalue weighted by Crippen LogP contribution is 2.28. The zero-order valence-corrected chi connectivity index (χ0v) is 13.9. The van der Waals surface area contributed by atoms with E-state index >= 15 is 0 Å². The SMILES string of the molecule is COCCNC(=O)Nc1n[nH]c2cc(-c3cccc(Cl)c3)ccc12. The highest BCUT2D eigenvalue weighted by molar-refractivity contribution is 6.30. The molecule has 3 rings (SSSR count). The van der Waals surface area contributed by atoms with Gasteiger partial charge in [-0.25, -0.2) is 4.79 Å². The summed E-state index contributed by atoms with van der Waals surface area (Å²) in [7, 11) is 1.58. The van der Waals surface area contributed by atoms with E-state index in [1.54, 1.807) is 7.11 Å². The first-order valence-electron chi connectivity index (χ1n) is 7.45. The Kier molecular flexibility index (Phi) is 4.98. The predicted octanol–water partition coefficient (Wildman–Crippen LogP) is 3.65. The molecule has 1 aromatic heterocycles. The van der Waals surface area contributed by atoms with Crippen LogP contribution in [0.5, 0.6) is 0 Å². The molecule has 3 aromatic rings. The van der Waals surface area contributed by atoms with Crippen LogP contribution in [0.3, 0.4) is 0 Å². The third kappa shape index (κ3) is 3.67. The number of carbonyl (C=O) groups is 1. The predicted molar refractivity (Wildman–Crippen MR) is 95.4 cm³/mol. The molecule has 7 heteroatoms. The molecule has 0 aliphatic rings. The third-order valence-corrected chi connectivity index (χ3v) is 3.78. The lowest BCUT2D eigenvalue weighted by Gasteiger charge is -2.05. The first-order valence-corrected chi connectivity index (χ1v) is 7.83. The van der Waals surface area contributed by atoms with Crippen LogP contribution in [0.2, 0.25) is 5.02 Å². The number of nitrogens with zero attached hydrogens (tertiary/aromatic N) is 1. The smallest absolute Gasteiger partial charge is 0.320 e. The quantitative estimate of drug-likeness (QED) is 0.618. The molecular formula is C17H17ClN4O2. The molecule has 0 spiro atoms. The summed E-state index contributed by atoms with van der Waals surface area (Å²) >= 11 is 6.04. The van der Waals surface area contributed by atoms with Gasteiger partial charge in [-0.3, -0.25) is 10.4 Å². The normalized spacial score (nSPS) is 10.8. The number of rotatable bonds is 5. The van der Waals surface area contributed by atoms with Crippen molar-refractivity contribution in [1.29, 1.82) is 0 Å². The number of H-pyrrole nitrogens is 1.